The minimum absolute atomic E-state index is 0.0336. The zero-order valence-electron chi connectivity index (χ0n) is 21.4. The Labute approximate surface area is 240 Å². The summed E-state index contributed by atoms with van der Waals surface area (Å²) in [6.07, 6.45) is -8.82. The number of esters is 1. The Morgan fingerprint density at radius 3 is 2.39 bits per heavy atom. The first-order valence-corrected chi connectivity index (χ1v) is 12.7. The van der Waals surface area contributed by atoms with Crippen LogP contribution in [0.15, 0.2) is 53.3 Å². The SMILES string of the molecule is CC(=O)O[C@@H](C)c1nc(Cn2c(C#N)c(-c3ccc(Cl)cc3)n(C[C@H](O)C(F)(F)F)c2=O)nn1-c1ccccc1Cl. The van der Waals surface area contributed by atoms with Gasteiger partial charge in [0.15, 0.2) is 23.9 Å². The van der Waals surface area contributed by atoms with Gasteiger partial charge in [0.2, 0.25) is 0 Å². The molecule has 0 unspecified atom stereocenters. The lowest BCUT2D eigenvalue weighted by Gasteiger charge is -2.16. The van der Waals surface area contributed by atoms with Crippen LogP contribution in [0.25, 0.3) is 16.9 Å². The van der Waals surface area contributed by atoms with Crippen LogP contribution < -0.4 is 5.69 Å². The molecule has 2 heterocycles. The second kappa shape index (κ2) is 11.8. The number of aliphatic hydroxyl groups excluding tert-OH is 1. The normalized spacial score (nSPS) is 13.0. The van der Waals surface area contributed by atoms with Crippen molar-refractivity contribution in [3.63, 3.8) is 0 Å². The van der Waals surface area contributed by atoms with Crippen LogP contribution in [0.5, 0.6) is 0 Å². The lowest BCUT2D eigenvalue weighted by Crippen LogP contribution is -2.37. The van der Waals surface area contributed by atoms with Crippen LogP contribution >= 0.6 is 23.2 Å². The molecule has 0 spiro atoms. The van der Waals surface area contributed by atoms with Gasteiger partial charge >= 0.3 is 17.8 Å². The van der Waals surface area contributed by atoms with Gasteiger partial charge in [-0.25, -0.2) is 14.5 Å². The molecule has 4 rings (SSSR count). The number of benzene rings is 2. The first-order chi connectivity index (χ1) is 19.3. The van der Waals surface area contributed by atoms with Crippen LogP contribution in [0.2, 0.25) is 10.0 Å². The van der Waals surface area contributed by atoms with Gasteiger partial charge in [0.1, 0.15) is 11.8 Å². The second-order valence-electron chi connectivity index (χ2n) is 8.85. The third kappa shape index (κ3) is 6.30. The van der Waals surface area contributed by atoms with Crippen molar-refractivity contribution < 1.29 is 27.8 Å². The Kier molecular flexibility index (Phi) is 8.58. The monoisotopic (exact) mass is 608 g/mol. The van der Waals surface area contributed by atoms with Crippen LogP contribution in [0.4, 0.5) is 13.2 Å². The molecule has 10 nitrogen and oxygen atoms in total. The van der Waals surface area contributed by atoms with Crippen LogP contribution in [-0.2, 0) is 22.6 Å². The van der Waals surface area contributed by atoms with Crippen molar-refractivity contribution in [2.45, 2.75) is 45.3 Å². The van der Waals surface area contributed by atoms with Crippen molar-refractivity contribution in [1.82, 2.24) is 23.9 Å². The first-order valence-electron chi connectivity index (χ1n) is 11.9. The van der Waals surface area contributed by atoms with Gasteiger partial charge in [-0.3, -0.25) is 13.9 Å². The summed E-state index contributed by atoms with van der Waals surface area (Å²) in [4.78, 5) is 29.5. The highest BCUT2D eigenvalue weighted by Gasteiger charge is 2.40. The van der Waals surface area contributed by atoms with E-state index in [1.54, 1.807) is 31.2 Å². The molecule has 15 heteroatoms. The third-order valence-electron chi connectivity index (χ3n) is 5.95. The van der Waals surface area contributed by atoms with E-state index in [-0.39, 0.29) is 33.6 Å². The molecule has 214 valence electrons. The molecule has 4 aromatic rings. The van der Waals surface area contributed by atoms with Crippen LogP contribution in [0.1, 0.15) is 37.3 Å². The van der Waals surface area contributed by atoms with Gasteiger partial charge in [-0.2, -0.15) is 18.4 Å². The zero-order chi connectivity index (χ0) is 30.1. The van der Waals surface area contributed by atoms with E-state index >= 15 is 0 Å². The molecule has 2 aromatic carbocycles. The maximum absolute atomic E-state index is 13.5. The molecule has 0 aliphatic heterocycles. The highest BCUT2D eigenvalue weighted by molar-refractivity contribution is 6.32. The number of ether oxygens (including phenoxy) is 1. The van der Waals surface area contributed by atoms with E-state index < -0.39 is 43.1 Å². The molecule has 0 amide bonds. The molecule has 2 atom stereocenters. The topological polar surface area (TPSA) is 128 Å². The van der Waals surface area contributed by atoms with Crippen molar-refractivity contribution in [2.24, 2.45) is 0 Å². The fourth-order valence-corrected chi connectivity index (χ4v) is 4.48. The Bertz CT molecular complexity index is 1690. The van der Waals surface area contributed by atoms with E-state index in [1.165, 1.54) is 35.9 Å². The number of hydrogen-bond acceptors (Lipinski definition) is 7. The van der Waals surface area contributed by atoms with Gasteiger partial charge in [0, 0.05) is 17.5 Å². The van der Waals surface area contributed by atoms with Crippen molar-refractivity contribution in [2.75, 3.05) is 0 Å². The third-order valence-corrected chi connectivity index (χ3v) is 6.52. The molecular formula is C26H21Cl2F3N6O4. The number of aromatic nitrogens is 5. The van der Waals surface area contributed by atoms with Crippen molar-refractivity contribution >= 4 is 29.2 Å². The largest absolute Gasteiger partial charge is 0.455 e. The Morgan fingerprint density at radius 1 is 1.15 bits per heavy atom. The van der Waals surface area contributed by atoms with Gasteiger partial charge in [-0.15, -0.1) is 5.10 Å². The number of carbonyl (C=O) groups is 1. The summed E-state index contributed by atoms with van der Waals surface area (Å²) in [6.45, 7) is 1.14. The van der Waals surface area contributed by atoms with E-state index in [1.807, 2.05) is 6.07 Å². The molecule has 0 radical (unpaired) electrons. The minimum atomic E-state index is -5.03. The summed E-state index contributed by atoms with van der Waals surface area (Å²) < 4.78 is 48.0. The quantitative estimate of drug-likeness (QED) is 0.288. The van der Waals surface area contributed by atoms with Crippen LogP contribution in [0.3, 0.4) is 0 Å². The summed E-state index contributed by atoms with van der Waals surface area (Å²) in [7, 11) is 0. The molecular weight excluding hydrogens is 588 g/mol. The maximum atomic E-state index is 13.5. The van der Waals surface area contributed by atoms with Crippen molar-refractivity contribution in [3.8, 4) is 23.0 Å². The predicted octanol–water partition coefficient (Wildman–Crippen LogP) is 4.67. The second-order valence-corrected chi connectivity index (χ2v) is 9.70. The van der Waals surface area contributed by atoms with Crippen LogP contribution in [0, 0.1) is 11.3 Å². The highest BCUT2D eigenvalue weighted by atomic mass is 35.5. The Balaban J connectivity index is 1.89. The Hall–Kier alpha value is -4.12. The van der Waals surface area contributed by atoms with Crippen LogP contribution in [-0.4, -0.2) is 47.3 Å². The van der Waals surface area contributed by atoms with E-state index in [9.17, 15) is 33.1 Å². The molecule has 0 bridgehead atoms. The summed E-state index contributed by atoms with van der Waals surface area (Å²) in [5.74, 6) is -0.489. The zero-order valence-corrected chi connectivity index (χ0v) is 22.9. The number of nitriles is 1. The fraction of sp³-hybridized carbons (Fsp3) is 0.269. The lowest BCUT2D eigenvalue weighted by atomic mass is 10.1. The highest BCUT2D eigenvalue weighted by Crippen LogP contribution is 2.29. The lowest BCUT2D eigenvalue weighted by molar-refractivity contribution is -0.207. The summed E-state index contributed by atoms with van der Waals surface area (Å²) >= 11 is 12.3. The number of hydrogen-bond donors (Lipinski definition) is 1. The van der Waals surface area contributed by atoms with Gasteiger partial charge in [0.05, 0.1) is 29.5 Å². The first kappa shape index (κ1) is 29.9. The average Bonchev–Trinajstić information content (AvgIpc) is 3.43. The van der Waals surface area contributed by atoms with Gasteiger partial charge in [-0.05, 0) is 31.2 Å². The molecule has 41 heavy (non-hydrogen) atoms. The summed E-state index contributed by atoms with van der Waals surface area (Å²) in [5, 5.41) is 24.8. The molecule has 0 aliphatic rings. The number of rotatable bonds is 8. The van der Waals surface area contributed by atoms with Crippen molar-refractivity contribution in [3.05, 3.63) is 86.4 Å². The molecule has 0 aliphatic carbocycles. The number of aliphatic hydroxyl groups is 1. The molecule has 2 aromatic heterocycles. The minimum Gasteiger partial charge on any atom is -0.455 e. The van der Waals surface area contributed by atoms with E-state index in [2.05, 4.69) is 10.1 Å². The predicted molar refractivity (Wildman–Crippen MR) is 142 cm³/mol. The van der Waals surface area contributed by atoms with Gasteiger partial charge in [-0.1, -0.05) is 47.5 Å². The van der Waals surface area contributed by atoms with E-state index in [0.717, 1.165) is 4.57 Å². The fourth-order valence-electron chi connectivity index (χ4n) is 4.14. The Morgan fingerprint density at radius 2 is 1.80 bits per heavy atom. The summed E-state index contributed by atoms with van der Waals surface area (Å²) in [5.41, 5.74) is -0.872. The molecule has 0 saturated carbocycles. The molecule has 1 N–H and O–H groups in total. The average molecular weight is 609 g/mol. The number of alkyl halides is 3. The van der Waals surface area contributed by atoms with Gasteiger partial charge < -0.3 is 9.84 Å². The van der Waals surface area contributed by atoms with E-state index in [4.69, 9.17) is 27.9 Å². The standard InChI is InChI=1S/C26H21Cl2F3N6O4/c1-14(41-15(2)38)24-33-22(34-37(24)19-6-4-3-5-18(19)28)13-35-20(11-32)23(16-7-9-17(27)10-8-16)36(25(35)40)12-21(39)26(29,30)31/h3-10,14,21,39H,12-13H2,1-2H3/t14-,21-/m0/s1. The number of para-hydroxylation sites is 1. The van der Waals surface area contributed by atoms with E-state index in [0.29, 0.717) is 15.3 Å². The number of halogens is 5. The van der Waals surface area contributed by atoms with Gasteiger partial charge in [0.25, 0.3) is 0 Å². The maximum Gasteiger partial charge on any atom is 0.416 e. The molecule has 0 fully saturated rings. The molecule has 0 saturated heterocycles. The number of nitrogens with zero attached hydrogens (tertiary/aromatic N) is 6. The summed E-state index contributed by atoms with van der Waals surface area (Å²) in [6, 6.07) is 14.2. The number of imidazole rings is 1. The number of carbonyl (C=O) groups excluding carboxylic acids is 1. The van der Waals surface area contributed by atoms with Crippen molar-refractivity contribution in [1.29, 1.82) is 5.26 Å². The smallest absolute Gasteiger partial charge is 0.416 e.